The third kappa shape index (κ3) is 2.93. The van der Waals surface area contributed by atoms with Gasteiger partial charge in [0.2, 0.25) is 5.91 Å². The Morgan fingerprint density at radius 2 is 2.00 bits per heavy atom. The first-order chi connectivity index (χ1) is 9.11. The van der Waals surface area contributed by atoms with Crippen molar-refractivity contribution in [1.29, 1.82) is 0 Å². The van der Waals surface area contributed by atoms with Crippen LogP contribution in [0.1, 0.15) is 52.9 Å². The summed E-state index contributed by atoms with van der Waals surface area (Å²) in [5, 5.41) is 0. The third-order valence-corrected chi connectivity index (χ3v) is 4.96. The van der Waals surface area contributed by atoms with Crippen LogP contribution in [0.15, 0.2) is 23.8 Å². The predicted molar refractivity (Wildman–Crippen MR) is 79.8 cm³/mol. The Morgan fingerprint density at radius 1 is 1.32 bits per heavy atom. The Hall–Kier alpha value is -1.05. The first kappa shape index (κ1) is 14.4. The SMILES string of the molecule is C/C=C\C(=C/C)CN1CCC2(CCC(C)CC2)C1=O. The van der Waals surface area contributed by atoms with Crippen LogP contribution in [0, 0.1) is 11.3 Å². The number of likely N-dealkylation sites (tertiary alicyclic amines) is 1. The lowest BCUT2D eigenvalue weighted by Crippen LogP contribution is -2.37. The maximum absolute atomic E-state index is 12.7. The van der Waals surface area contributed by atoms with Crippen LogP contribution in [0.4, 0.5) is 0 Å². The fraction of sp³-hybridized carbons (Fsp3) is 0.706. The monoisotopic (exact) mass is 261 g/mol. The molecule has 1 saturated carbocycles. The molecule has 0 radical (unpaired) electrons. The Kier molecular flexibility index (Phi) is 4.49. The van der Waals surface area contributed by atoms with E-state index in [9.17, 15) is 4.79 Å². The van der Waals surface area contributed by atoms with E-state index in [1.54, 1.807) is 0 Å². The molecule has 19 heavy (non-hydrogen) atoms. The zero-order chi connectivity index (χ0) is 13.9. The molecule has 0 aromatic carbocycles. The summed E-state index contributed by atoms with van der Waals surface area (Å²) < 4.78 is 0. The van der Waals surface area contributed by atoms with Gasteiger partial charge in [-0.1, -0.05) is 25.2 Å². The molecule has 1 spiro atoms. The molecular weight excluding hydrogens is 234 g/mol. The van der Waals surface area contributed by atoms with Crippen LogP contribution in [0.3, 0.4) is 0 Å². The summed E-state index contributed by atoms with van der Waals surface area (Å²) in [7, 11) is 0. The second-order valence-corrected chi connectivity index (χ2v) is 6.30. The van der Waals surface area contributed by atoms with Gasteiger partial charge >= 0.3 is 0 Å². The fourth-order valence-electron chi connectivity index (χ4n) is 3.50. The largest absolute Gasteiger partial charge is 0.338 e. The molecule has 2 nitrogen and oxygen atoms in total. The molecule has 2 fully saturated rings. The van der Waals surface area contributed by atoms with Crippen LogP contribution in [0.5, 0.6) is 0 Å². The molecule has 1 aliphatic carbocycles. The zero-order valence-corrected chi connectivity index (χ0v) is 12.6. The maximum Gasteiger partial charge on any atom is 0.229 e. The molecule has 1 saturated heterocycles. The molecule has 0 aromatic heterocycles. The van der Waals surface area contributed by atoms with Crippen molar-refractivity contribution in [1.82, 2.24) is 4.90 Å². The maximum atomic E-state index is 12.7. The minimum atomic E-state index is 0.00128. The number of rotatable bonds is 3. The van der Waals surface area contributed by atoms with Gasteiger partial charge in [-0.05, 0) is 57.4 Å². The zero-order valence-electron chi connectivity index (χ0n) is 12.6. The number of carbonyl (C=O) groups excluding carboxylic acids is 1. The molecule has 0 bridgehead atoms. The van der Waals surface area contributed by atoms with E-state index in [1.165, 1.54) is 18.4 Å². The van der Waals surface area contributed by atoms with Crippen molar-refractivity contribution in [2.24, 2.45) is 11.3 Å². The molecule has 106 valence electrons. The van der Waals surface area contributed by atoms with Crippen LogP contribution >= 0.6 is 0 Å². The molecule has 2 aliphatic rings. The van der Waals surface area contributed by atoms with Gasteiger partial charge in [0.25, 0.3) is 0 Å². The first-order valence-corrected chi connectivity index (χ1v) is 7.68. The molecule has 0 unspecified atom stereocenters. The molecule has 2 heteroatoms. The Balaban J connectivity index is 2.02. The van der Waals surface area contributed by atoms with Crippen molar-refractivity contribution in [3.8, 4) is 0 Å². The number of allylic oxidation sites excluding steroid dienone is 2. The number of hydrogen-bond acceptors (Lipinski definition) is 1. The molecule has 0 aromatic rings. The molecule has 1 amide bonds. The summed E-state index contributed by atoms with van der Waals surface area (Å²) in [6.07, 6.45) is 12.0. The lowest BCUT2D eigenvalue weighted by Gasteiger charge is -2.34. The average Bonchev–Trinajstić information content (AvgIpc) is 2.71. The molecular formula is C17H27NO. The number of carbonyl (C=O) groups is 1. The van der Waals surface area contributed by atoms with Crippen molar-refractivity contribution in [3.05, 3.63) is 23.8 Å². The molecule has 0 N–H and O–H groups in total. The highest BCUT2D eigenvalue weighted by atomic mass is 16.2. The van der Waals surface area contributed by atoms with Gasteiger partial charge in [0.05, 0.1) is 5.41 Å². The standard InChI is InChI=1S/C17H27NO/c1-4-6-15(5-2)13-18-12-11-17(16(18)19)9-7-14(3)8-10-17/h4-6,14H,7-13H2,1-3H3/b6-4-,15-5+. The quantitative estimate of drug-likeness (QED) is 0.705. The van der Waals surface area contributed by atoms with Crippen molar-refractivity contribution in [3.63, 3.8) is 0 Å². The highest BCUT2D eigenvalue weighted by Gasteiger charge is 2.47. The fourth-order valence-corrected chi connectivity index (χ4v) is 3.50. The van der Waals surface area contributed by atoms with Gasteiger partial charge in [-0.25, -0.2) is 0 Å². The Labute approximate surface area is 117 Å². The number of amides is 1. The van der Waals surface area contributed by atoms with Crippen LogP contribution in [-0.4, -0.2) is 23.9 Å². The van der Waals surface area contributed by atoms with Gasteiger partial charge in [0.15, 0.2) is 0 Å². The van der Waals surface area contributed by atoms with E-state index in [2.05, 4.69) is 24.0 Å². The number of nitrogens with zero attached hydrogens (tertiary/aromatic N) is 1. The van der Waals surface area contributed by atoms with Crippen molar-refractivity contribution >= 4 is 5.91 Å². The summed E-state index contributed by atoms with van der Waals surface area (Å²) in [6.45, 7) is 8.13. The van der Waals surface area contributed by atoms with E-state index in [1.807, 2.05) is 19.9 Å². The third-order valence-electron chi connectivity index (χ3n) is 4.96. The van der Waals surface area contributed by atoms with Crippen LogP contribution < -0.4 is 0 Å². The van der Waals surface area contributed by atoms with E-state index in [0.717, 1.165) is 38.3 Å². The minimum absolute atomic E-state index is 0.00128. The topological polar surface area (TPSA) is 20.3 Å². The summed E-state index contributed by atoms with van der Waals surface area (Å²) >= 11 is 0. The van der Waals surface area contributed by atoms with E-state index in [4.69, 9.17) is 0 Å². The van der Waals surface area contributed by atoms with E-state index in [-0.39, 0.29) is 5.41 Å². The lowest BCUT2D eigenvalue weighted by molar-refractivity contribution is -0.137. The van der Waals surface area contributed by atoms with E-state index in [0.29, 0.717) is 5.91 Å². The second kappa shape index (κ2) is 5.94. The van der Waals surface area contributed by atoms with Gasteiger partial charge in [0, 0.05) is 13.1 Å². The van der Waals surface area contributed by atoms with Crippen LogP contribution in [0.2, 0.25) is 0 Å². The molecule has 0 atom stereocenters. The Morgan fingerprint density at radius 3 is 2.58 bits per heavy atom. The number of hydrogen-bond donors (Lipinski definition) is 0. The van der Waals surface area contributed by atoms with Gasteiger partial charge in [-0.15, -0.1) is 0 Å². The second-order valence-electron chi connectivity index (χ2n) is 6.30. The summed E-state index contributed by atoms with van der Waals surface area (Å²) in [5.41, 5.74) is 1.25. The first-order valence-electron chi connectivity index (χ1n) is 7.68. The predicted octanol–water partition coefficient (Wildman–Crippen LogP) is 3.94. The van der Waals surface area contributed by atoms with E-state index < -0.39 is 0 Å². The summed E-state index contributed by atoms with van der Waals surface area (Å²) in [4.78, 5) is 14.8. The normalized spacial score (nSPS) is 32.8. The highest BCUT2D eigenvalue weighted by Crippen LogP contribution is 2.46. The van der Waals surface area contributed by atoms with Gasteiger partial charge in [-0.3, -0.25) is 4.79 Å². The summed E-state index contributed by atoms with van der Waals surface area (Å²) in [5.74, 6) is 1.23. The molecule has 1 aliphatic heterocycles. The van der Waals surface area contributed by atoms with Crippen LogP contribution in [-0.2, 0) is 4.79 Å². The smallest absolute Gasteiger partial charge is 0.229 e. The van der Waals surface area contributed by atoms with Gasteiger partial charge < -0.3 is 4.90 Å². The van der Waals surface area contributed by atoms with Crippen molar-refractivity contribution < 1.29 is 4.79 Å². The van der Waals surface area contributed by atoms with Gasteiger partial charge in [0.1, 0.15) is 0 Å². The summed E-state index contributed by atoms with van der Waals surface area (Å²) in [6, 6.07) is 0. The highest BCUT2D eigenvalue weighted by molar-refractivity contribution is 5.85. The van der Waals surface area contributed by atoms with Crippen LogP contribution in [0.25, 0.3) is 0 Å². The average molecular weight is 261 g/mol. The van der Waals surface area contributed by atoms with Gasteiger partial charge in [-0.2, -0.15) is 0 Å². The molecule has 1 heterocycles. The van der Waals surface area contributed by atoms with Crippen molar-refractivity contribution in [2.45, 2.75) is 52.9 Å². The lowest BCUT2D eigenvalue weighted by atomic mass is 9.70. The molecule has 2 rings (SSSR count). The Bertz CT molecular complexity index is 386. The minimum Gasteiger partial charge on any atom is -0.338 e. The van der Waals surface area contributed by atoms with E-state index >= 15 is 0 Å². The van der Waals surface area contributed by atoms with Crippen molar-refractivity contribution in [2.75, 3.05) is 13.1 Å².